The molecule has 0 spiro atoms. The number of hydrogen-bond donors (Lipinski definition) is 0. The van der Waals surface area contributed by atoms with Gasteiger partial charge in [-0.05, 0) is 41.1 Å². The zero-order valence-corrected chi connectivity index (χ0v) is 18.5. The first-order chi connectivity index (χ1) is 15.1. The summed E-state index contributed by atoms with van der Waals surface area (Å²) in [6.45, 7) is 0.308. The van der Waals surface area contributed by atoms with Crippen molar-refractivity contribution in [1.82, 2.24) is 0 Å². The van der Waals surface area contributed by atoms with Gasteiger partial charge in [0.2, 0.25) is 0 Å². The second-order valence-corrected chi connectivity index (χ2v) is 8.12. The summed E-state index contributed by atoms with van der Waals surface area (Å²) in [5.41, 5.74) is 2.71. The Kier molecular flexibility index (Phi) is 6.49. The zero-order chi connectivity index (χ0) is 21.8. The molecule has 2 nitrogen and oxygen atoms in total. The van der Waals surface area contributed by atoms with Gasteiger partial charge < -0.3 is 4.74 Å². The number of halogens is 3. The Morgan fingerprint density at radius 3 is 2.42 bits per heavy atom. The SMILES string of the molecule is N#C/C(=C\c1c(OCc2ccccc2Cl)ccc2ccccc12)c1ccc(Cl)cc1Cl. The molecule has 4 aromatic carbocycles. The molecule has 0 aromatic heterocycles. The maximum absolute atomic E-state index is 9.87. The molecule has 0 aliphatic carbocycles. The van der Waals surface area contributed by atoms with E-state index in [1.165, 1.54) is 0 Å². The molecule has 0 aliphatic heterocycles. The summed E-state index contributed by atoms with van der Waals surface area (Å²) >= 11 is 18.7. The minimum atomic E-state index is 0.308. The summed E-state index contributed by atoms with van der Waals surface area (Å²) in [6.07, 6.45) is 1.80. The Hall–Kier alpha value is -2.96. The van der Waals surface area contributed by atoms with Crippen LogP contribution in [0.4, 0.5) is 0 Å². The largest absolute Gasteiger partial charge is 0.488 e. The van der Waals surface area contributed by atoms with Crippen LogP contribution in [-0.2, 0) is 6.61 Å². The van der Waals surface area contributed by atoms with Crippen molar-refractivity contribution >= 4 is 57.2 Å². The van der Waals surface area contributed by atoms with Gasteiger partial charge in [0.1, 0.15) is 12.4 Å². The van der Waals surface area contributed by atoms with Crippen molar-refractivity contribution in [3.8, 4) is 11.8 Å². The number of nitrogens with zero attached hydrogens (tertiary/aromatic N) is 1. The van der Waals surface area contributed by atoms with E-state index >= 15 is 0 Å². The first-order valence-electron chi connectivity index (χ1n) is 9.52. The molecule has 0 fully saturated rings. The smallest absolute Gasteiger partial charge is 0.127 e. The van der Waals surface area contributed by atoms with Crippen LogP contribution < -0.4 is 4.74 Å². The van der Waals surface area contributed by atoms with Crippen molar-refractivity contribution in [3.05, 3.63) is 111 Å². The molecule has 0 amide bonds. The third-order valence-corrected chi connectivity index (χ3v) is 5.82. The molecule has 5 heteroatoms. The van der Waals surface area contributed by atoms with Gasteiger partial charge in [0, 0.05) is 26.7 Å². The highest BCUT2D eigenvalue weighted by Crippen LogP contribution is 2.34. The summed E-state index contributed by atoms with van der Waals surface area (Å²) < 4.78 is 6.15. The average molecular weight is 465 g/mol. The lowest BCUT2D eigenvalue weighted by atomic mass is 9.98. The van der Waals surface area contributed by atoms with Gasteiger partial charge in [-0.2, -0.15) is 5.26 Å². The van der Waals surface area contributed by atoms with Gasteiger partial charge in [0.25, 0.3) is 0 Å². The van der Waals surface area contributed by atoms with Crippen LogP contribution in [-0.4, -0.2) is 0 Å². The molecular formula is C26H16Cl3NO. The van der Waals surface area contributed by atoms with Gasteiger partial charge in [-0.25, -0.2) is 0 Å². The molecule has 0 saturated heterocycles. The Labute approximate surface area is 195 Å². The maximum Gasteiger partial charge on any atom is 0.127 e. The van der Waals surface area contributed by atoms with Crippen LogP contribution >= 0.6 is 34.8 Å². The van der Waals surface area contributed by atoms with E-state index in [0.717, 1.165) is 21.9 Å². The first-order valence-corrected chi connectivity index (χ1v) is 10.7. The van der Waals surface area contributed by atoms with Crippen LogP contribution in [0, 0.1) is 11.3 Å². The maximum atomic E-state index is 9.87. The van der Waals surface area contributed by atoms with Crippen molar-refractivity contribution in [2.24, 2.45) is 0 Å². The number of benzene rings is 4. The van der Waals surface area contributed by atoms with Crippen LogP contribution in [0.5, 0.6) is 5.75 Å². The number of ether oxygens (including phenoxy) is 1. The Morgan fingerprint density at radius 2 is 1.65 bits per heavy atom. The van der Waals surface area contributed by atoms with Crippen molar-refractivity contribution in [2.75, 3.05) is 0 Å². The molecule has 0 saturated carbocycles. The summed E-state index contributed by atoms with van der Waals surface area (Å²) in [4.78, 5) is 0. The zero-order valence-electron chi connectivity index (χ0n) is 16.3. The standard InChI is InChI=1S/C26H16Cl3NO/c27-20-10-11-22(25(29)14-20)19(15-30)13-23-21-7-3-1-5-17(21)9-12-26(23)31-16-18-6-2-4-8-24(18)28/h1-14H,16H2/b19-13+. The summed E-state index contributed by atoms with van der Waals surface area (Å²) in [6, 6.07) is 26.8. The third-order valence-electron chi connectivity index (χ3n) is 4.90. The van der Waals surface area contributed by atoms with E-state index in [0.29, 0.717) is 38.6 Å². The first kappa shape index (κ1) is 21.3. The monoisotopic (exact) mass is 463 g/mol. The van der Waals surface area contributed by atoms with E-state index in [1.54, 1.807) is 24.3 Å². The molecule has 152 valence electrons. The number of nitriles is 1. The Bertz CT molecular complexity index is 1340. The molecule has 0 atom stereocenters. The molecule has 0 aliphatic rings. The third kappa shape index (κ3) is 4.70. The summed E-state index contributed by atoms with van der Waals surface area (Å²) in [7, 11) is 0. The van der Waals surface area contributed by atoms with Gasteiger partial charge >= 0.3 is 0 Å². The Balaban J connectivity index is 1.82. The van der Waals surface area contributed by atoms with Gasteiger partial charge in [-0.15, -0.1) is 0 Å². The summed E-state index contributed by atoms with van der Waals surface area (Å²) in [5, 5.41) is 13.5. The average Bonchev–Trinajstić information content (AvgIpc) is 2.78. The minimum absolute atomic E-state index is 0.308. The highest BCUT2D eigenvalue weighted by Gasteiger charge is 2.13. The van der Waals surface area contributed by atoms with E-state index in [9.17, 15) is 5.26 Å². The van der Waals surface area contributed by atoms with Crippen LogP contribution in [0.15, 0.2) is 78.9 Å². The molecular weight excluding hydrogens is 449 g/mol. The van der Waals surface area contributed by atoms with Crippen LogP contribution in [0.1, 0.15) is 16.7 Å². The molecule has 0 heterocycles. The van der Waals surface area contributed by atoms with E-state index in [4.69, 9.17) is 39.5 Å². The fraction of sp³-hybridized carbons (Fsp3) is 0.0385. The van der Waals surface area contributed by atoms with Gasteiger partial charge in [-0.1, -0.05) is 89.4 Å². The van der Waals surface area contributed by atoms with Crippen LogP contribution in [0.2, 0.25) is 15.1 Å². The topological polar surface area (TPSA) is 33.0 Å². The predicted octanol–water partition coefficient (Wildman–Crippen LogP) is 8.44. The predicted molar refractivity (Wildman–Crippen MR) is 130 cm³/mol. The lowest BCUT2D eigenvalue weighted by molar-refractivity contribution is 0.306. The Morgan fingerprint density at radius 1 is 0.871 bits per heavy atom. The van der Waals surface area contributed by atoms with Gasteiger partial charge in [0.05, 0.1) is 16.7 Å². The van der Waals surface area contributed by atoms with Crippen LogP contribution in [0.3, 0.4) is 0 Å². The van der Waals surface area contributed by atoms with E-state index in [1.807, 2.05) is 60.7 Å². The number of hydrogen-bond acceptors (Lipinski definition) is 2. The fourth-order valence-electron chi connectivity index (χ4n) is 3.34. The molecule has 4 rings (SSSR count). The quantitative estimate of drug-likeness (QED) is 0.219. The molecule has 4 aromatic rings. The molecule has 31 heavy (non-hydrogen) atoms. The van der Waals surface area contributed by atoms with Gasteiger partial charge in [0.15, 0.2) is 0 Å². The molecule has 0 bridgehead atoms. The lowest BCUT2D eigenvalue weighted by Crippen LogP contribution is -1.98. The summed E-state index contributed by atoms with van der Waals surface area (Å²) in [5.74, 6) is 0.649. The molecule has 0 radical (unpaired) electrons. The van der Waals surface area contributed by atoms with Crippen LogP contribution in [0.25, 0.3) is 22.4 Å². The molecule has 0 unspecified atom stereocenters. The van der Waals surface area contributed by atoms with E-state index in [-0.39, 0.29) is 0 Å². The fourth-order valence-corrected chi connectivity index (χ4v) is 4.04. The number of allylic oxidation sites excluding steroid dienone is 1. The van der Waals surface area contributed by atoms with E-state index < -0.39 is 0 Å². The second kappa shape index (κ2) is 9.45. The number of fused-ring (bicyclic) bond motifs is 1. The van der Waals surface area contributed by atoms with E-state index in [2.05, 4.69) is 6.07 Å². The highest BCUT2D eigenvalue weighted by atomic mass is 35.5. The lowest BCUT2D eigenvalue weighted by Gasteiger charge is -2.14. The van der Waals surface area contributed by atoms with Crippen molar-refractivity contribution in [1.29, 1.82) is 5.26 Å². The number of rotatable bonds is 5. The minimum Gasteiger partial charge on any atom is -0.488 e. The molecule has 0 N–H and O–H groups in total. The normalized spacial score (nSPS) is 11.4. The van der Waals surface area contributed by atoms with Gasteiger partial charge in [-0.3, -0.25) is 0 Å². The van der Waals surface area contributed by atoms with Crippen molar-refractivity contribution in [3.63, 3.8) is 0 Å². The van der Waals surface area contributed by atoms with Crippen molar-refractivity contribution < 1.29 is 4.74 Å². The second-order valence-electron chi connectivity index (χ2n) is 6.87. The van der Waals surface area contributed by atoms with Crippen molar-refractivity contribution in [2.45, 2.75) is 6.61 Å². The highest BCUT2D eigenvalue weighted by molar-refractivity contribution is 6.36.